The van der Waals surface area contributed by atoms with Gasteiger partial charge in [-0.25, -0.2) is 9.18 Å². The number of aliphatic carboxylic acids is 1. The van der Waals surface area contributed by atoms with Crippen molar-refractivity contribution in [2.24, 2.45) is 0 Å². The van der Waals surface area contributed by atoms with Crippen LogP contribution in [0.15, 0.2) is 29.2 Å². The third-order valence-electron chi connectivity index (χ3n) is 2.89. The molecule has 108 valence electrons. The summed E-state index contributed by atoms with van der Waals surface area (Å²) in [6, 6.07) is 5.37. The Morgan fingerprint density at radius 3 is 2.75 bits per heavy atom. The molecule has 0 radical (unpaired) electrons. The van der Waals surface area contributed by atoms with Crippen molar-refractivity contribution in [1.82, 2.24) is 4.90 Å². The largest absolute Gasteiger partial charge is 0.480 e. The Morgan fingerprint density at radius 2 is 2.10 bits per heavy atom. The van der Waals surface area contributed by atoms with Gasteiger partial charge in [-0.3, -0.25) is 4.79 Å². The van der Waals surface area contributed by atoms with E-state index in [2.05, 4.69) is 0 Å². The van der Waals surface area contributed by atoms with Crippen LogP contribution in [0.5, 0.6) is 0 Å². The second kappa shape index (κ2) is 6.99. The third kappa shape index (κ3) is 3.89. The van der Waals surface area contributed by atoms with Crippen molar-refractivity contribution in [2.45, 2.75) is 17.4 Å². The van der Waals surface area contributed by atoms with Crippen LogP contribution in [0, 0.1) is 5.82 Å². The van der Waals surface area contributed by atoms with Gasteiger partial charge in [0, 0.05) is 22.8 Å². The van der Waals surface area contributed by atoms with Crippen LogP contribution in [0.4, 0.5) is 4.39 Å². The number of carboxylic acid groups (broad SMARTS) is 1. The fraction of sp³-hybridized carbons (Fsp3) is 0.385. The van der Waals surface area contributed by atoms with Crippen LogP contribution in [-0.2, 0) is 9.59 Å². The Balaban J connectivity index is 1.80. The van der Waals surface area contributed by atoms with E-state index < -0.39 is 12.0 Å². The van der Waals surface area contributed by atoms with E-state index in [-0.39, 0.29) is 18.1 Å². The summed E-state index contributed by atoms with van der Waals surface area (Å²) in [5.41, 5.74) is 0. The van der Waals surface area contributed by atoms with Gasteiger partial charge in [-0.2, -0.15) is 0 Å². The monoisotopic (exact) mass is 315 g/mol. The molecule has 1 aromatic rings. The summed E-state index contributed by atoms with van der Waals surface area (Å²) in [6.07, 6.45) is 0.284. The number of benzene rings is 1. The Labute approximate surface area is 124 Å². The first-order valence-corrected chi connectivity index (χ1v) is 8.20. The fourth-order valence-electron chi connectivity index (χ4n) is 1.82. The van der Waals surface area contributed by atoms with Gasteiger partial charge in [-0.05, 0) is 24.3 Å². The molecule has 1 N–H and O–H groups in total. The molecule has 1 aliphatic heterocycles. The lowest BCUT2D eigenvalue weighted by Gasteiger charge is -2.20. The zero-order valence-electron chi connectivity index (χ0n) is 10.6. The van der Waals surface area contributed by atoms with Crippen LogP contribution in [0.2, 0.25) is 0 Å². The number of carbonyl (C=O) groups is 2. The van der Waals surface area contributed by atoms with E-state index in [0.29, 0.717) is 17.4 Å². The molecule has 0 spiro atoms. The van der Waals surface area contributed by atoms with Crippen molar-refractivity contribution >= 4 is 35.4 Å². The summed E-state index contributed by atoms with van der Waals surface area (Å²) >= 11 is 2.91. The van der Waals surface area contributed by atoms with Crippen molar-refractivity contribution < 1.29 is 19.1 Å². The van der Waals surface area contributed by atoms with Gasteiger partial charge in [-0.1, -0.05) is 0 Å². The number of rotatable bonds is 5. The van der Waals surface area contributed by atoms with Crippen molar-refractivity contribution in [3.05, 3.63) is 30.1 Å². The number of amides is 1. The summed E-state index contributed by atoms with van der Waals surface area (Å²) in [4.78, 5) is 25.3. The molecule has 0 aromatic heterocycles. The maximum atomic E-state index is 12.7. The van der Waals surface area contributed by atoms with E-state index in [1.807, 2.05) is 0 Å². The van der Waals surface area contributed by atoms with Crippen LogP contribution in [0.1, 0.15) is 6.42 Å². The van der Waals surface area contributed by atoms with Crippen molar-refractivity contribution in [2.75, 3.05) is 17.4 Å². The summed E-state index contributed by atoms with van der Waals surface area (Å²) in [5.74, 6) is 0.0663. The second-order valence-electron chi connectivity index (χ2n) is 4.27. The zero-order valence-corrected chi connectivity index (χ0v) is 12.3. The molecule has 1 atom stereocenters. The van der Waals surface area contributed by atoms with Crippen LogP contribution in [-0.4, -0.2) is 45.3 Å². The molecule has 2 rings (SSSR count). The van der Waals surface area contributed by atoms with E-state index in [1.54, 1.807) is 12.1 Å². The first-order chi connectivity index (χ1) is 9.58. The Morgan fingerprint density at radius 1 is 1.40 bits per heavy atom. The summed E-state index contributed by atoms with van der Waals surface area (Å²) in [6.45, 7) is 0. The minimum absolute atomic E-state index is 0.142. The molecule has 4 nitrogen and oxygen atoms in total. The highest BCUT2D eigenvalue weighted by Gasteiger charge is 2.33. The molecule has 0 bridgehead atoms. The average Bonchev–Trinajstić information content (AvgIpc) is 2.90. The van der Waals surface area contributed by atoms with E-state index >= 15 is 0 Å². The fourth-order valence-corrected chi connectivity index (χ4v) is 3.84. The molecule has 1 unspecified atom stereocenters. The van der Waals surface area contributed by atoms with E-state index in [9.17, 15) is 14.0 Å². The molecule has 0 aliphatic carbocycles. The molecule has 20 heavy (non-hydrogen) atoms. The van der Waals surface area contributed by atoms with Gasteiger partial charge in [0.05, 0.1) is 5.88 Å². The Kier molecular flexibility index (Phi) is 5.31. The highest BCUT2D eigenvalue weighted by Crippen LogP contribution is 2.24. The van der Waals surface area contributed by atoms with Gasteiger partial charge < -0.3 is 10.0 Å². The van der Waals surface area contributed by atoms with E-state index in [1.165, 1.54) is 40.6 Å². The molecular formula is C13H14FNO3S2. The topological polar surface area (TPSA) is 57.6 Å². The number of halogens is 1. The second-order valence-corrected chi connectivity index (χ2v) is 6.44. The van der Waals surface area contributed by atoms with Crippen LogP contribution >= 0.6 is 23.5 Å². The lowest BCUT2D eigenvalue weighted by atomic mass is 10.3. The van der Waals surface area contributed by atoms with E-state index in [0.717, 1.165) is 4.90 Å². The predicted molar refractivity (Wildman–Crippen MR) is 77.3 cm³/mol. The summed E-state index contributed by atoms with van der Waals surface area (Å²) < 4.78 is 12.7. The molecule has 0 saturated carbocycles. The Bertz CT molecular complexity index is 495. The van der Waals surface area contributed by atoms with Crippen molar-refractivity contribution in [1.29, 1.82) is 0 Å². The standard InChI is InChI=1S/C13H14FNO3S2/c14-9-1-3-10(4-2-9)20-6-5-12(16)15-8-19-7-11(15)13(17)18/h1-4,11H,5-8H2,(H,17,18). The van der Waals surface area contributed by atoms with E-state index in [4.69, 9.17) is 5.11 Å². The minimum Gasteiger partial charge on any atom is -0.480 e. The van der Waals surface area contributed by atoms with Gasteiger partial charge in [0.2, 0.25) is 5.91 Å². The highest BCUT2D eigenvalue weighted by molar-refractivity contribution is 7.99. The van der Waals surface area contributed by atoms with Gasteiger partial charge >= 0.3 is 5.97 Å². The number of thioether (sulfide) groups is 2. The SMILES string of the molecule is O=C(O)C1CSCN1C(=O)CCSc1ccc(F)cc1. The van der Waals surface area contributed by atoms with Gasteiger partial charge in [0.1, 0.15) is 11.9 Å². The molecule has 1 heterocycles. The predicted octanol–water partition coefficient (Wildman–Crippen LogP) is 2.29. The lowest BCUT2D eigenvalue weighted by Crippen LogP contribution is -2.41. The smallest absolute Gasteiger partial charge is 0.327 e. The zero-order chi connectivity index (χ0) is 14.5. The molecule has 1 saturated heterocycles. The summed E-state index contributed by atoms with van der Waals surface area (Å²) in [7, 11) is 0. The Hall–Kier alpha value is -1.21. The van der Waals surface area contributed by atoms with Crippen molar-refractivity contribution in [3.8, 4) is 0 Å². The van der Waals surface area contributed by atoms with Gasteiger partial charge in [0.15, 0.2) is 0 Å². The molecule has 1 aliphatic rings. The van der Waals surface area contributed by atoms with Crippen LogP contribution < -0.4 is 0 Å². The average molecular weight is 315 g/mol. The molecule has 7 heteroatoms. The summed E-state index contributed by atoms with van der Waals surface area (Å²) in [5, 5.41) is 9.01. The number of hydrogen-bond acceptors (Lipinski definition) is 4. The number of nitrogens with zero attached hydrogens (tertiary/aromatic N) is 1. The first kappa shape index (κ1) is 15.2. The normalized spacial score (nSPS) is 18.2. The quantitative estimate of drug-likeness (QED) is 0.845. The molecule has 1 aromatic carbocycles. The maximum absolute atomic E-state index is 12.7. The first-order valence-electron chi connectivity index (χ1n) is 6.06. The highest BCUT2D eigenvalue weighted by atomic mass is 32.2. The number of carbonyl (C=O) groups excluding carboxylic acids is 1. The number of carboxylic acids is 1. The van der Waals surface area contributed by atoms with Crippen LogP contribution in [0.3, 0.4) is 0 Å². The molecule has 1 amide bonds. The number of hydrogen-bond donors (Lipinski definition) is 1. The van der Waals surface area contributed by atoms with Gasteiger partial charge in [-0.15, -0.1) is 23.5 Å². The van der Waals surface area contributed by atoms with Crippen molar-refractivity contribution in [3.63, 3.8) is 0 Å². The van der Waals surface area contributed by atoms with Crippen LogP contribution in [0.25, 0.3) is 0 Å². The minimum atomic E-state index is -0.950. The van der Waals surface area contributed by atoms with Gasteiger partial charge in [0.25, 0.3) is 0 Å². The molecule has 1 fully saturated rings. The third-order valence-corrected chi connectivity index (χ3v) is 4.91. The lowest BCUT2D eigenvalue weighted by molar-refractivity contribution is -0.147. The molecular weight excluding hydrogens is 301 g/mol. The maximum Gasteiger partial charge on any atom is 0.327 e.